The van der Waals surface area contributed by atoms with E-state index in [1.807, 2.05) is 12.1 Å². The van der Waals surface area contributed by atoms with Crippen molar-refractivity contribution in [3.63, 3.8) is 0 Å². The molecule has 0 radical (unpaired) electrons. The third-order valence-electron chi connectivity index (χ3n) is 3.41. The minimum absolute atomic E-state index is 0.0727. The Kier molecular flexibility index (Phi) is 6.58. The summed E-state index contributed by atoms with van der Waals surface area (Å²) in [7, 11) is 1.59. The predicted octanol–water partition coefficient (Wildman–Crippen LogP) is 3.42. The fourth-order valence-corrected chi connectivity index (χ4v) is 2.58. The molecule has 5 nitrogen and oxygen atoms in total. The maximum atomic E-state index is 12.1. The molecule has 126 valence electrons. The van der Waals surface area contributed by atoms with Crippen LogP contribution in [0.4, 0.5) is 5.69 Å². The van der Waals surface area contributed by atoms with Gasteiger partial charge in [-0.2, -0.15) is 0 Å². The molecule has 0 aliphatic heterocycles. The lowest BCUT2D eigenvalue weighted by atomic mass is 10.1. The Morgan fingerprint density at radius 1 is 1.12 bits per heavy atom. The number of para-hydroxylation sites is 1. The number of hydrogen-bond acceptors (Lipinski definition) is 3. The molecule has 24 heavy (non-hydrogen) atoms. The van der Waals surface area contributed by atoms with Crippen LogP contribution >= 0.6 is 23.2 Å². The van der Waals surface area contributed by atoms with Crippen molar-refractivity contribution in [3.8, 4) is 0 Å². The van der Waals surface area contributed by atoms with E-state index in [0.717, 1.165) is 5.56 Å². The van der Waals surface area contributed by atoms with Gasteiger partial charge in [-0.15, -0.1) is 0 Å². The molecule has 1 aromatic heterocycles. The lowest BCUT2D eigenvalue weighted by molar-refractivity contribution is -0.133. The highest BCUT2D eigenvalue weighted by Crippen LogP contribution is 2.29. The van der Waals surface area contributed by atoms with Gasteiger partial charge in [0.05, 0.1) is 22.3 Å². The van der Waals surface area contributed by atoms with Crippen molar-refractivity contribution < 1.29 is 9.59 Å². The number of halogens is 2. The molecule has 0 saturated heterocycles. The van der Waals surface area contributed by atoms with E-state index in [2.05, 4.69) is 10.3 Å². The third-order valence-corrected chi connectivity index (χ3v) is 4.04. The molecule has 0 unspecified atom stereocenters. The van der Waals surface area contributed by atoms with Crippen molar-refractivity contribution in [3.05, 3.63) is 58.3 Å². The third kappa shape index (κ3) is 5.22. The van der Waals surface area contributed by atoms with Crippen molar-refractivity contribution in [2.24, 2.45) is 0 Å². The van der Waals surface area contributed by atoms with Crippen LogP contribution in [0.25, 0.3) is 0 Å². The lowest BCUT2D eigenvalue weighted by Crippen LogP contribution is -2.35. The highest BCUT2D eigenvalue weighted by atomic mass is 35.5. The van der Waals surface area contributed by atoms with E-state index in [1.54, 1.807) is 37.6 Å². The van der Waals surface area contributed by atoms with Gasteiger partial charge in [-0.3, -0.25) is 14.6 Å². The van der Waals surface area contributed by atoms with E-state index < -0.39 is 0 Å². The fourth-order valence-electron chi connectivity index (χ4n) is 2.09. The summed E-state index contributed by atoms with van der Waals surface area (Å²) >= 11 is 12.0. The van der Waals surface area contributed by atoms with Gasteiger partial charge in [0.25, 0.3) is 0 Å². The first-order valence-corrected chi connectivity index (χ1v) is 8.09. The summed E-state index contributed by atoms with van der Waals surface area (Å²) in [4.78, 5) is 29.5. The van der Waals surface area contributed by atoms with Crippen molar-refractivity contribution in [1.82, 2.24) is 9.88 Å². The molecule has 0 atom stereocenters. The largest absolute Gasteiger partial charge is 0.336 e. The van der Waals surface area contributed by atoms with Gasteiger partial charge in [0.2, 0.25) is 11.8 Å². The van der Waals surface area contributed by atoms with Gasteiger partial charge in [0, 0.05) is 25.9 Å². The number of nitrogens with one attached hydrogen (secondary N) is 1. The van der Waals surface area contributed by atoms with Gasteiger partial charge in [-0.1, -0.05) is 29.3 Å². The summed E-state index contributed by atoms with van der Waals surface area (Å²) < 4.78 is 0. The zero-order valence-corrected chi connectivity index (χ0v) is 14.6. The van der Waals surface area contributed by atoms with Crippen LogP contribution in [0.2, 0.25) is 10.0 Å². The molecular formula is C17H17Cl2N3O2. The summed E-state index contributed by atoms with van der Waals surface area (Å²) in [5.41, 5.74) is 1.38. The van der Waals surface area contributed by atoms with Gasteiger partial charge in [-0.25, -0.2) is 0 Å². The van der Waals surface area contributed by atoms with Gasteiger partial charge in [0.1, 0.15) is 0 Å². The van der Waals surface area contributed by atoms with E-state index in [-0.39, 0.29) is 18.4 Å². The lowest BCUT2D eigenvalue weighted by Gasteiger charge is -2.17. The first-order valence-electron chi connectivity index (χ1n) is 7.34. The number of carbonyl (C=O) groups excluding carboxylic acids is 2. The minimum atomic E-state index is -0.357. The van der Waals surface area contributed by atoms with Gasteiger partial charge >= 0.3 is 0 Å². The van der Waals surface area contributed by atoms with E-state index in [9.17, 15) is 9.59 Å². The monoisotopic (exact) mass is 365 g/mol. The Bertz CT molecular complexity index is 703. The van der Waals surface area contributed by atoms with Crippen LogP contribution in [-0.2, 0) is 16.0 Å². The average molecular weight is 366 g/mol. The number of benzene rings is 1. The van der Waals surface area contributed by atoms with Crippen LogP contribution < -0.4 is 5.32 Å². The summed E-state index contributed by atoms with van der Waals surface area (Å²) in [6, 6.07) is 8.67. The first kappa shape index (κ1) is 18.2. The van der Waals surface area contributed by atoms with Gasteiger partial charge in [0.15, 0.2) is 0 Å². The molecule has 2 aromatic rings. The van der Waals surface area contributed by atoms with Crippen molar-refractivity contribution >= 4 is 40.7 Å². The maximum absolute atomic E-state index is 12.1. The summed E-state index contributed by atoms with van der Waals surface area (Å²) in [5.74, 6) is -0.475. The Morgan fingerprint density at radius 2 is 1.75 bits per heavy atom. The van der Waals surface area contributed by atoms with Crippen LogP contribution in [0.1, 0.15) is 12.0 Å². The summed E-state index contributed by atoms with van der Waals surface area (Å²) in [6.45, 7) is -0.0727. The zero-order chi connectivity index (χ0) is 17.5. The molecule has 1 aromatic carbocycles. The molecule has 0 saturated carbocycles. The van der Waals surface area contributed by atoms with Crippen LogP contribution in [0.15, 0.2) is 42.7 Å². The number of carbonyl (C=O) groups is 2. The first-order chi connectivity index (χ1) is 11.5. The van der Waals surface area contributed by atoms with Crippen molar-refractivity contribution in [2.45, 2.75) is 12.8 Å². The standard InChI is InChI=1S/C17H17Cl2N3O2/c1-22(16(24)6-5-12-7-9-20-10-8-12)11-15(23)21-17-13(18)3-2-4-14(17)19/h2-4,7-10H,5-6,11H2,1H3,(H,21,23). The number of nitrogens with zero attached hydrogens (tertiary/aromatic N) is 2. The maximum Gasteiger partial charge on any atom is 0.244 e. The number of amides is 2. The number of likely N-dealkylation sites (N-methyl/N-ethyl adjacent to an activating group) is 1. The van der Waals surface area contributed by atoms with E-state index in [4.69, 9.17) is 23.2 Å². The van der Waals surface area contributed by atoms with E-state index in [1.165, 1.54) is 4.90 Å². The molecule has 0 spiro atoms. The second-order valence-corrected chi connectivity index (χ2v) is 6.06. The van der Waals surface area contributed by atoms with Gasteiger partial charge < -0.3 is 10.2 Å². The number of anilines is 1. The summed E-state index contributed by atoms with van der Waals surface area (Å²) in [5, 5.41) is 3.33. The molecular weight excluding hydrogens is 349 g/mol. The van der Waals surface area contributed by atoms with Crippen LogP contribution in [0, 0.1) is 0 Å². The van der Waals surface area contributed by atoms with E-state index >= 15 is 0 Å². The van der Waals surface area contributed by atoms with Gasteiger partial charge in [-0.05, 0) is 36.2 Å². The molecule has 0 aliphatic carbocycles. The second kappa shape index (κ2) is 8.66. The highest BCUT2D eigenvalue weighted by molar-refractivity contribution is 6.39. The minimum Gasteiger partial charge on any atom is -0.336 e. The number of aromatic nitrogens is 1. The molecule has 0 aliphatic rings. The number of pyridine rings is 1. The Morgan fingerprint density at radius 3 is 2.38 bits per heavy atom. The number of hydrogen-bond donors (Lipinski definition) is 1. The van der Waals surface area contributed by atoms with Crippen molar-refractivity contribution in [2.75, 3.05) is 18.9 Å². The highest BCUT2D eigenvalue weighted by Gasteiger charge is 2.15. The number of rotatable bonds is 6. The number of aryl methyl sites for hydroxylation is 1. The summed E-state index contributed by atoms with van der Waals surface area (Å²) in [6.07, 6.45) is 4.29. The normalized spacial score (nSPS) is 10.3. The zero-order valence-electron chi connectivity index (χ0n) is 13.1. The second-order valence-electron chi connectivity index (χ2n) is 5.25. The van der Waals surface area contributed by atoms with Crippen LogP contribution in [0.5, 0.6) is 0 Å². The van der Waals surface area contributed by atoms with Crippen LogP contribution in [-0.4, -0.2) is 35.3 Å². The SMILES string of the molecule is CN(CC(=O)Nc1c(Cl)cccc1Cl)C(=O)CCc1ccncc1. The van der Waals surface area contributed by atoms with Crippen LogP contribution in [0.3, 0.4) is 0 Å². The molecule has 2 rings (SSSR count). The Labute approximate surface area is 150 Å². The molecule has 0 fully saturated rings. The average Bonchev–Trinajstić information content (AvgIpc) is 2.57. The molecule has 0 bridgehead atoms. The molecule has 1 heterocycles. The molecule has 7 heteroatoms. The predicted molar refractivity (Wildman–Crippen MR) is 95.3 cm³/mol. The smallest absolute Gasteiger partial charge is 0.244 e. The topological polar surface area (TPSA) is 62.3 Å². The molecule has 1 N–H and O–H groups in total. The Hall–Kier alpha value is -2.11. The van der Waals surface area contributed by atoms with Crippen molar-refractivity contribution in [1.29, 1.82) is 0 Å². The Balaban J connectivity index is 1.85. The molecule has 2 amide bonds. The fraction of sp³-hybridized carbons (Fsp3) is 0.235. The van der Waals surface area contributed by atoms with E-state index in [0.29, 0.717) is 28.6 Å². The quantitative estimate of drug-likeness (QED) is 0.852.